The number of amides is 1. The van der Waals surface area contributed by atoms with Crippen LogP contribution in [0.3, 0.4) is 0 Å². The third-order valence-corrected chi connectivity index (χ3v) is 4.65. The maximum absolute atomic E-state index is 11.7. The van der Waals surface area contributed by atoms with E-state index in [4.69, 9.17) is 16.2 Å². The van der Waals surface area contributed by atoms with Crippen LogP contribution in [0.5, 0.6) is 0 Å². The molecule has 0 bridgehead atoms. The second-order valence-electron chi connectivity index (χ2n) is 4.85. The zero-order valence-corrected chi connectivity index (χ0v) is 11.7. The van der Waals surface area contributed by atoms with Gasteiger partial charge < -0.3 is 16.2 Å². The summed E-state index contributed by atoms with van der Waals surface area (Å²) in [5, 5.41) is 0. The summed E-state index contributed by atoms with van der Waals surface area (Å²) in [6.45, 7) is 0.841. The summed E-state index contributed by atoms with van der Waals surface area (Å²) in [4.78, 5) is 11.7. The maximum atomic E-state index is 11.7. The van der Waals surface area contributed by atoms with Crippen LogP contribution in [0.2, 0.25) is 0 Å². The molecule has 0 saturated carbocycles. The number of rotatable bonds is 6. The molecule has 104 valence electrons. The lowest BCUT2D eigenvalue weighted by atomic mass is 9.92. The van der Waals surface area contributed by atoms with E-state index in [0.717, 1.165) is 30.8 Å². The predicted molar refractivity (Wildman–Crippen MR) is 77.8 cm³/mol. The van der Waals surface area contributed by atoms with Crippen LogP contribution < -0.4 is 11.5 Å². The Morgan fingerprint density at radius 2 is 2.16 bits per heavy atom. The first-order valence-corrected chi connectivity index (χ1v) is 7.62. The number of hydrogen-bond donors (Lipinski definition) is 2. The minimum absolute atomic E-state index is 0.290. The molecule has 0 aromatic heterocycles. The van der Waals surface area contributed by atoms with Crippen molar-refractivity contribution >= 4 is 17.7 Å². The molecule has 5 heteroatoms. The molecule has 1 amide bonds. The van der Waals surface area contributed by atoms with Crippen LogP contribution in [0, 0.1) is 0 Å². The van der Waals surface area contributed by atoms with E-state index in [-0.39, 0.29) is 6.10 Å². The van der Waals surface area contributed by atoms with E-state index in [1.54, 1.807) is 11.8 Å². The van der Waals surface area contributed by atoms with E-state index in [0.29, 0.717) is 5.75 Å². The Balaban J connectivity index is 1.97. The first-order chi connectivity index (χ1) is 9.13. The third kappa shape index (κ3) is 3.49. The SMILES string of the molecule is NC(=O)C(N)(CSCC1CCCO1)c1ccccc1. The lowest BCUT2D eigenvalue weighted by Gasteiger charge is -2.26. The highest BCUT2D eigenvalue weighted by Crippen LogP contribution is 2.25. The van der Waals surface area contributed by atoms with Crippen LogP contribution in [0.1, 0.15) is 18.4 Å². The van der Waals surface area contributed by atoms with Gasteiger partial charge in [0, 0.05) is 18.1 Å². The van der Waals surface area contributed by atoms with Gasteiger partial charge in [0.25, 0.3) is 0 Å². The average molecular weight is 280 g/mol. The smallest absolute Gasteiger partial charge is 0.242 e. The highest BCUT2D eigenvalue weighted by atomic mass is 32.2. The number of primary amides is 1. The van der Waals surface area contributed by atoms with E-state index in [2.05, 4.69) is 0 Å². The van der Waals surface area contributed by atoms with Crippen molar-refractivity contribution in [2.45, 2.75) is 24.5 Å². The number of ether oxygens (including phenoxy) is 1. The van der Waals surface area contributed by atoms with Crippen molar-refractivity contribution < 1.29 is 9.53 Å². The normalized spacial score (nSPS) is 22.1. The van der Waals surface area contributed by atoms with Crippen molar-refractivity contribution in [3.05, 3.63) is 35.9 Å². The van der Waals surface area contributed by atoms with Crippen LogP contribution in [0.25, 0.3) is 0 Å². The van der Waals surface area contributed by atoms with Gasteiger partial charge in [0.05, 0.1) is 6.10 Å². The molecule has 0 spiro atoms. The fourth-order valence-electron chi connectivity index (χ4n) is 2.16. The highest BCUT2D eigenvalue weighted by molar-refractivity contribution is 7.99. The van der Waals surface area contributed by atoms with E-state index in [1.165, 1.54) is 0 Å². The third-order valence-electron chi connectivity index (χ3n) is 3.39. The fraction of sp³-hybridized carbons (Fsp3) is 0.500. The number of benzene rings is 1. The predicted octanol–water partition coefficient (Wildman–Crippen LogP) is 1.24. The Bertz CT molecular complexity index is 421. The van der Waals surface area contributed by atoms with Crippen LogP contribution in [-0.2, 0) is 15.1 Å². The molecular formula is C14H20N2O2S. The largest absolute Gasteiger partial charge is 0.377 e. The summed E-state index contributed by atoms with van der Waals surface area (Å²) in [6.07, 6.45) is 2.50. The number of hydrogen-bond acceptors (Lipinski definition) is 4. The molecule has 1 aromatic carbocycles. The summed E-state index contributed by atoms with van der Waals surface area (Å²) in [6, 6.07) is 9.31. The van der Waals surface area contributed by atoms with Crippen molar-refractivity contribution in [3.8, 4) is 0 Å². The molecule has 1 aliphatic heterocycles. The van der Waals surface area contributed by atoms with Gasteiger partial charge >= 0.3 is 0 Å². The van der Waals surface area contributed by atoms with Crippen molar-refractivity contribution in [2.75, 3.05) is 18.1 Å². The Labute approximate surface area is 117 Å². The van der Waals surface area contributed by atoms with Gasteiger partial charge in [-0.2, -0.15) is 11.8 Å². The molecular weight excluding hydrogens is 260 g/mol. The lowest BCUT2D eigenvalue weighted by molar-refractivity contribution is -0.122. The molecule has 4 nitrogen and oxygen atoms in total. The minimum Gasteiger partial charge on any atom is -0.377 e. The van der Waals surface area contributed by atoms with Gasteiger partial charge in [0.1, 0.15) is 5.54 Å². The van der Waals surface area contributed by atoms with Gasteiger partial charge in [-0.15, -0.1) is 0 Å². The van der Waals surface area contributed by atoms with Gasteiger partial charge in [-0.1, -0.05) is 30.3 Å². The minimum atomic E-state index is -1.11. The van der Waals surface area contributed by atoms with E-state index in [1.807, 2.05) is 30.3 Å². The highest BCUT2D eigenvalue weighted by Gasteiger charge is 2.34. The van der Waals surface area contributed by atoms with Crippen molar-refractivity contribution in [2.24, 2.45) is 11.5 Å². The number of thioether (sulfide) groups is 1. The molecule has 1 aromatic rings. The second kappa shape index (κ2) is 6.41. The molecule has 1 heterocycles. The lowest BCUT2D eigenvalue weighted by Crippen LogP contribution is -2.51. The number of carbonyl (C=O) groups excluding carboxylic acids is 1. The molecule has 0 aliphatic carbocycles. The van der Waals surface area contributed by atoms with Crippen LogP contribution in [0.4, 0.5) is 0 Å². The first kappa shape index (κ1) is 14.4. The van der Waals surface area contributed by atoms with E-state index >= 15 is 0 Å². The summed E-state index contributed by atoms with van der Waals surface area (Å²) >= 11 is 1.63. The van der Waals surface area contributed by atoms with Crippen molar-refractivity contribution in [1.82, 2.24) is 0 Å². The molecule has 4 N–H and O–H groups in total. The molecule has 2 atom stereocenters. The molecule has 1 aliphatic rings. The molecule has 1 fully saturated rings. The second-order valence-corrected chi connectivity index (χ2v) is 5.88. The van der Waals surface area contributed by atoms with Crippen LogP contribution in [0.15, 0.2) is 30.3 Å². The monoisotopic (exact) mass is 280 g/mol. The zero-order valence-electron chi connectivity index (χ0n) is 10.9. The van der Waals surface area contributed by atoms with Gasteiger partial charge in [0.2, 0.25) is 5.91 Å². The number of nitrogens with two attached hydrogens (primary N) is 2. The summed E-state index contributed by atoms with van der Waals surface area (Å²) in [5.41, 5.74) is 11.4. The summed E-state index contributed by atoms with van der Waals surface area (Å²) in [5.74, 6) is 0.851. The van der Waals surface area contributed by atoms with Crippen molar-refractivity contribution in [3.63, 3.8) is 0 Å². The van der Waals surface area contributed by atoms with E-state index in [9.17, 15) is 4.79 Å². The Hall–Kier alpha value is -1.04. The first-order valence-electron chi connectivity index (χ1n) is 6.46. The summed E-state index contributed by atoms with van der Waals surface area (Å²) < 4.78 is 5.56. The average Bonchev–Trinajstić information content (AvgIpc) is 2.92. The molecule has 19 heavy (non-hydrogen) atoms. The molecule has 2 rings (SSSR count). The van der Waals surface area contributed by atoms with Gasteiger partial charge in [-0.05, 0) is 18.4 Å². The quantitative estimate of drug-likeness (QED) is 0.821. The van der Waals surface area contributed by atoms with E-state index < -0.39 is 11.4 Å². The number of carbonyl (C=O) groups is 1. The molecule has 0 radical (unpaired) electrons. The van der Waals surface area contributed by atoms with Crippen LogP contribution >= 0.6 is 11.8 Å². The van der Waals surface area contributed by atoms with Crippen molar-refractivity contribution in [1.29, 1.82) is 0 Å². The topological polar surface area (TPSA) is 78.3 Å². The molecule has 1 saturated heterocycles. The Morgan fingerprint density at radius 1 is 1.42 bits per heavy atom. The fourth-order valence-corrected chi connectivity index (χ4v) is 3.43. The van der Waals surface area contributed by atoms with Gasteiger partial charge in [-0.25, -0.2) is 0 Å². The maximum Gasteiger partial charge on any atom is 0.242 e. The summed E-state index contributed by atoms with van der Waals surface area (Å²) in [7, 11) is 0. The van der Waals surface area contributed by atoms with Gasteiger partial charge in [-0.3, -0.25) is 4.79 Å². The van der Waals surface area contributed by atoms with Gasteiger partial charge in [0.15, 0.2) is 0 Å². The Morgan fingerprint density at radius 3 is 2.74 bits per heavy atom. The molecule has 2 unspecified atom stereocenters. The Kier molecular flexibility index (Phi) is 4.85. The van der Waals surface area contributed by atoms with Crippen LogP contribution in [-0.4, -0.2) is 30.1 Å². The standard InChI is InChI=1S/C14H20N2O2S/c15-13(17)14(16,11-5-2-1-3-6-11)10-19-9-12-7-4-8-18-12/h1-3,5-6,12H,4,7-10,16H2,(H2,15,17). The zero-order chi connectivity index (χ0) is 13.7.